The van der Waals surface area contributed by atoms with Crippen LogP contribution in [-0.4, -0.2) is 67.4 Å². The third kappa shape index (κ3) is 5.64. The number of nitrogens with zero attached hydrogens (tertiary/aromatic N) is 5. The van der Waals surface area contributed by atoms with Gasteiger partial charge in [-0.3, -0.25) is 9.69 Å². The molecular formula is C34H38F3N7O2S. The van der Waals surface area contributed by atoms with Crippen LogP contribution in [0.1, 0.15) is 61.2 Å². The fraction of sp³-hybridized carbons (Fsp3) is 0.529. The first-order chi connectivity index (χ1) is 22.3. The van der Waals surface area contributed by atoms with E-state index in [4.69, 9.17) is 0 Å². The SMILES string of the molecule is Cc1c(CN2CCC(Nc3ncnc4sc(CC(F)(F)F)cc34)CC2)ccc2c1cc(C#N)n2CC12CC(NC(=O)C(C)O)(C1)[C@H]2C. The number of aliphatic hydroxyl groups excluding tert-OH is 1. The lowest BCUT2D eigenvalue weighted by atomic mass is 9.33. The Hall–Kier alpha value is -3.73. The highest BCUT2D eigenvalue weighted by Crippen LogP contribution is 2.72. The van der Waals surface area contributed by atoms with Gasteiger partial charge in [-0.1, -0.05) is 13.0 Å². The molecule has 1 aliphatic heterocycles. The van der Waals surface area contributed by atoms with Gasteiger partial charge in [-0.25, -0.2) is 9.97 Å². The second-order valence-electron chi connectivity index (χ2n) is 13.9. The summed E-state index contributed by atoms with van der Waals surface area (Å²) in [5.41, 5.74) is 3.85. The number of likely N-dealkylation sites (tertiary alicyclic amines) is 1. The van der Waals surface area contributed by atoms with Crippen molar-refractivity contribution in [3.8, 4) is 6.07 Å². The molecule has 3 aliphatic carbocycles. The van der Waals surface area contributed by atoms with Gasteiger partial charge in [0.25, 0.3) is 0 Å². The van der Waals surface area contributed by atoms with E-state index in [1.165, 1.54) is 24.4 Å². The van der Waals surface area contributed by atoms with Crippen LogP contribution < -0.4 is 10.6 Å². The first-order valence-electron chi connectivity index (χ1n) is 16.1. The summed E-state index contributed by atoms with van der Waals surface area (Å²) in [6.45, 7) is 9.00. The summed E-state index contributed by atoms with van der Waals surface area (Å²) < 4.78 is 41.0. The molecule has 3 aromatic heterocycles. The van der Waals surface area contributed by atoms with Gasteiger partial charge >= 0.3 is 6.18 Å². The average Bonchev–Trinajstić information content (AvgIpc) is 3.58. The second kappa shape index (κ2) is 11.5. The first kappa shape index (κ1) is 31.8. The number of benzene rings is 1. The zero-order chi connectivity index (χ0) is 33.3. The molecular weight excluding hydrogens is 627 g/mol. The Balaban J connectivity index is 0.996. The number of nitriles is 1. The topological polar surface area (TPSA) is 119 Å². The maximum atomic E-state index is 12.9. The zero-order valence-corrected chi connectivity index (χ0v) is 27.4. The minimum Gasteiger partial charge on any atom is -0.384 e. The number of piperidine rings is 1. The van der Waals surface area contributed by atoms with Crippen molar-refractivity contribution in [2.45, 2.75) is 89.8 Å². The molecule has 9 nitrogen and oxygen atoms in total. The van der Waals surface area contributed by atoms with Crippen molar-refractivity contribution in [2.75, 3.05) is 18.4 Å². The van der Waals surface area contributed by atoms with Gasteiger partial charge in [0.05, 0.1) is 11.8 Å². The van der Waals surface area contributed by atoms with Crippen LogP contribution in [0.25, 0.3) is 21.1 Å². The largest absolute Gasteiger partial charge is 0.393 e. The van der Waals surface area contributed by atoms with Crippen molar-refractivity contribution in [3.05, 3.63) is 52.3 Å². The Labute approximate surface area is 274 Å². The third-order valence-electron chi connectivity index (χ3n) is 11.0. The number of amides is 1. The normalized spacial score (nSPS) is 25.3. The molecule has 13 heteroatoms. The summed E-state index contributed by atoms with van der Waals surface area (Å²) >= 11 is 1.06. The number of thiophene rings is 1. The maximum Gasteiger partial charge on any atom is 0.393 e. The summed E-state index contributed by atoms with van der Waals surface area (Å²) in [5, 5.41) is 27.9. The zero-order valence-electron chi connectivity index (χ0n) is 26.6. The van der Waals surface area contributed by atoms with Crippen LogP contribution in [-0.2, 0) is 24.3 Å². The summed E-state index contributed by atoms with van der Waals surface area (Å²) in [5.74, 6) is 0.520. The second-order valence-corrected chi connectivity index (χ2v) is 15.0. The van der Waals surface area contributed by atoms with Crippen LogP contribution in [0.3, 0.4) is 0 Å². The smallest absolute Gasteiger partial charge is 0.384 e. The van der Waals surface area contributed by atoms with Crippen molar-refractivity contribution >= 4 is 44.2 Å². The summed E-state index contributed by atoms with van der Waals surface area (Å²) in [4.78, 5) is 23.9. The van der Waals surface area contributed by atoms with Crippen molar-refractivity contribution in [2.24, 2.45) is 11.3 Å². The van der Waals surface area contributed by atoms with Crippen molar-refractivity contribution in [3.63, 3.8) is 0 Å². The molecule has 1 aromatic carbocycles. The van der Waals surface area contributed by atoms with Gasteiger partial charge in [0.2, 0.25) is 5.91 Å². The lowest BCUT2D eigenvalue weighted by Gasteiger charge is -2.76. The van der Waals surface area contributed by atoms with Gasteiger partial charge in [0.1, 0.15) is 34.8 Å². The van der Waals surface area contributed by atoms with Gasteiger partial charge in [-0.05, 0) is 80.2 Å². The van der Waals surface area contributed by atoms with Gasteiger partial charge in [-0.2, -0.15) is 18.4 Å². The molecule has 1 amide bonds. The van der Waals surface area contributed by atoms with Crippen LogP contribution in [0.4, 0.5) is 19.0 Å². The molecule has 4 aromatic rings. The van der Waals surface area contributed by atoms with Crippen molar-refractivity contribution in [1.82, 2.24) is 24.8 Å². The number of aliphatic hydroxyl groups is 1. The summed E-state index contributed by atoms with van der Waals surface area (Å²) in [7, 11) is 0. The van der Waals surface area contributed by atoms with Crippen LogP contribution >= 0.6 is 11.3 Å². The number of anilines is 1. The van der Waals surface area contributed by atoms with E-state index < -0.39 is 18.7 Å². The highest BCUT2D eigenvalue weighted by Gasteiger charge is 2.74. The predicted octanol–water partition coefficient (Wildman–Crippen LogP) is 5.67. The van der Waals surface area contributed by atoms with E-state index in [0.29, 0.717) is 21.7 Å². The molecule has 2 bridgehead atoms. The minimum absolute atomic E-state index is 0.0286. The number of hydrogen-bond donors (Lipinski definition) is 3. The Bertz CT molecular complexity index is 1900. The Morgan fingerprint density at radius 1 is 1.21 bits per heavy atom. The highest BCUT2D eigenvalue weighted by atomic mass is 32.1. The molecule has 1 saturated heterocycles. The molecule has 248 valence electrons. The third-order valence-corrected chi connectivity index (χ3v) is 12.0. The van der Waals surface area contributed by atoms with Crippen molar-refractivity contribution in [1.29, 1.82) is 5.26 Å². The van der Waals surface area contributed by atoms with E-state index in [9.17, 15) is 28.3 Å². The molecule has 0 spiro atoms. The van der Waals surface area contributed by atoms with E-state index in [1.807, 2.05) is 6.07 Å². The lowest BCUT2D eigenvalue weighted by Crippen LogP contribution is -2.82. The molecule has 2 atom stereocenters. The molecule has 0 radical (unpaired) electrons. The van der Waals surface area contributed by atoms with E-state index in [2.05, 4.69) is 62.1 Å². The van der Waals surface area contributed by atoms with E-state index in [1.54, 1.807) is 6.07 Å². The Morgan fingerprint density at radius 3 is 2.62 bits per heavy atom. The molecule has 4 aliphatic rings. The molecule has 4 fully saturated rings. The van der Waals surface area contributed by atoms with Crippen LogP contribution in [0.5, 0.6) is 0 Å². The number of aryl methyl sites for hydroxylation is 1. The van der Waals surface area contributed by atoms with Gasteiger partial charge in [0, 0.05) is 53.5 Å². The van der Waals surface area contributed by atoms with Gasteiger partial charge in [-0.15, -0.1) is 11.3 Å². The lowest BCUT2D eigenvalue weighted by molar-refractivity contribution is -0.229. The number of fused-ring (bicyclic) bond motifs is 2. The summed E-state index contributed by atoms with van der Waals surface area (Å²) in [6, 6.07) is 10.4. The van der Waals surface area contributed by atoms with E-state index in [-0.39, 0.29) is 33.7 Å². The van der Waals surface area contributed by atoms with Crippen LogP contribution in [0.2, 0.25) is 0 Å². The first-order valence-corrected chi connectivity index (χ1v) is 16.9. The number of carbonyl (C=O) groups excluding carboxylic acids is 1. The number of halogens is 3. The molecule has 8 rings (SSSR count). The van der Waals surface area contributed by atoms with E-state index in [0.717, 1.165) is 74.1 Å². The Morgan fingerprint density at radius 2 is 1.96 bits per heavy atom. The quantitative estimate of drug-likeness (QED) is 0.211. The molecule has 3 N–H and O–H groups in total. The highest BCUT2D eigenvalue weighted by molar-refractivity contribution is 7.18. The van der Waals surface area contributed by atoms with Crippen molar-refractivity contribution < 1.29 is 23.1 Å². The molecule has 3 saturated carbocycles. The van der Waals surface area contributed by atoms with Crippen LogP contribution in [0, 0.1) is 29.6 Å². The van der Waals surface area contributed by atoms with E-state index >= 15 is 0 Å². The van der Waals surface area contributed by atoms with Gasteiger partial charge in [0.15, 0.2) is 0 Å². The number of hydrogen-bond acceptors (Lipinski definition) is 8. The number of nitrogens with one attached hydrogen (secondary N) is 2. The number of alkyl halides is 3. The summed E-state index contributed by atoms with van der Waals surface area (Å²) in [6.07, 6.45) is -1.41. The predicted molar refractivity (Wildman–Crippen MR) is 174 cm³/mol. The average molecular weight is 666 g/mol. The Kier molecular flexibility index (Phi) is 7.76. The van der Waals surface area contributed by atoms with Crippen LogP contribution in [0.15, 0.2) is 30.6 Å². The number of rotatable bonds is 9. The molecule has 1 unspecified atom stereocenters. The monoisotopic (exact) mass is 665 g/mol. The minimum atomic E-state index is -4.26. The van der Waals surface area contributed by atoms with Gasteiger partial charge < -0.3 is 20.3 Å². The fourth-order valence-electron chi connectivity index (χ4n) is 8.18. The molecule has 47 heavy (non-hydrogen) atoms. The maximum absolute atomic E-state index is 12.9. The number of carbonyl (C=O) groups is 1. The molecule has 4 heterocycles. The fourth-order valence-corrected chi connectivity index (χ4v) is 9.21. The number of aromatic nitrogens is 3. The standard InChI is InChI=1S/C34H38F3N7O2S/c1-19-22(14-43-8-6-23(7-9-43)41-29-27-11-25(12-34(35,36)37)47-31(27)40-18-39-29)4-5-28-26(19)10-24(13-38)44(28)17-32-15-33(16-32,21(32)3)42-30(46)20(2)45/h4-5,10-11,18,20-21,23,45H,6-9,12,14-17H2,1-3H3,(H,42,46)(H,39,40,41)/t20?,21-,32?,33?/m0/s1.